The first kappa shape index (κ1) is 26.6. The summed E-state index contributed by atoms with van der Waals surface area (Å²) in [6.07, 6.45) is 4.79. The average molecular weight is 617 g/mol. The topological polar surface area (TPSA) is 114 Å². The minimum absolute atomic E-state index is 0.115. The summed E-state index contributed by atoms with van der Waals surface area (Å²) in [4.78, 5) is 51.6. The molecule has 0 aromatic heterocycles. The van der Waals surface area contributed by atoms with E-state index in [9.17, 15) is 19.2 Å². The number of anilines is 1. The van der Waals surface area contributed by atoms with Gasteiger partial charge in [-0.1, -0.05) is 30.5 Å². The smallest absolute Gasteiger partial charge is 0.331 e. The van der Waals surface area contributed by atoms with Gasteiger partial charge in [0.05, 0.1) is 10.2 Å². The summed E-state index contributed by atoms with van der Waals surface area (Å²) >= 11 is 2.05. The highest BCUT2D eigenvalue weighted by molar-refractivity contribution is 14.1. The number of amides is 5. The normalized spacial score (nSPS) is 17.2. The van der Waals surface area contributed by atoms with Crippen molar-refractivity contribution < 1.29 is 28.7 Å². The van der Waals surface area contributed by atoms with Crippen LogP contribution in [0.4, 0.5) is 10.5 Å². The van der Waals surface area contributed by atoms with E-state index >= 15 is 0 Å². The van der Waals surface area contributed by atoms with Gasteiger partial charge in [-0.05, 0) is 85.2 Å². The van der Waals surface area contributed by atoms with Crippen LogP contribution >= 0.6 is 22.6 Å². The van der Waals surface area contributed by atoms with Crippen LogP contribution < -0.4 is 20.1 Å². The second-order valence-electron chi connectivity index (χ2n) is 8.90. The maximum atomic E-state index is 13.1. The highest BCUT2D eigenvalue weighted by atomic mass is 127. The number of aryl methyl sites for hydroxylation is 1. The fraction of sp³-hybridized carbons (Fsp3) is 0.333. The molecule has 2 N–H and O–H groups in total. The quantitative estimate of drug-likeness (QED) is 0.258. The Kier molecular flexibility index (Phi) is 8.47. The maximum absolute atomic E-state index is 13.1. The Morgan fingerprint density at radius 1 is 1.14 bits per heavy atom. The minimum atomic E-state index is -0.731. The Morgan fingerprint density at radius 2 is 1.84 bits per heavy atom. The summed E-state index contributed by atoms with van der Waals surface area (Å²) in [6, 6.07) is 9.92. The molecule has 2 aromatic rings. The molecular formula is C27H28IN3O6. The van der Waals surface area contributed by atoms with Crippen molar-refractivity contribution in [1.29, 1.82) is 0 Å². The van der Waals surface area contributed by atoms with Gasteiger partial charge in [-0.3, -0.25) is 24.6 Å². The van der Waals surface area contributed by atoms with Crippen molar-refractivity contribution in [2.75, 3.05) is 18.5 Å². The lowest BCUT2D eigenvalue weighted by molar-refractivity contribution is -0.131. The number of barbiturate groups is 1. The number of carbonyl (C=O) groups excluding carboxylic acids is 4. The molecule has 1 heterocycles. The van der Waals surface area contributed by atoms with Gasteiger partial charge in [0.2, 0.25) is 0 Å². The minimum Gasteiger partial charge on any atom is -0.490 e. The van der Waals surface area contributed by atoms with Crippen LogP contribution in [0.3, 0.4) is 0 Å². The zero-order valence-corrected chi connectivity index (χ0v) is 22.8. The Bertz CT molecular complexity index is 1250. The molecule has 0 unspecified atom stereocenters. The molecule has 1 saturated carbocycles. The molecule has 2 fully saturated rings. The predicted octanol–water partition coefficient (Wildman–Crippen LogP) is 4.42. The van der Waals surface area contributed by atoms with Crippen molar-refractivity contribution in [2.45, 2.75) is 45.6 Å². The zero-order chi connectivity index (χ0) is 26.5. The second-order valence-corrected chi connectivity index (χ2v) is 10.1. The number of imide groups is 2. The first-order chi connectivity index (χ1) is 17.8. The fourth-order valence-corrected chi connectivity index (χ4v) is 5.16. The van der Waals surface area contributed by atoms with Crippen LogP contribution in [0, 0.1) is 10.5 Å². The highest BCUT2D eigenvalue weighted by Crippen LogP contribution is 2.35. The van der Waals surface area contributed by atoms with Crippen molar-refractivity contribution >= 4 is 58.1 Å². The molecule has 1 aliphatic heterocycles. The van der Waals surface area contributed by atoms with E-state index < -0.39 is 17.8 Å². The molecule has 194 valence electrons. The van der Waals surface area contributed by atoms with Gasteiger partial charge >= 0.3 is 6.03 Å². The molecule has 1 aliphatic carbocycles. The van der Waals surface area contributed by atoms with E-state index in [2.05, 4.69) is 33.2 Å². The summed E-state index contributed by atoms with van der Waals surface area (Å²) in [5.74, 6) is -0.899. The van der Waals surface area contributed by atoms with Crippen molar-refractivity contribution in [2.24, 2.45) is 0 Å². The summed E-state index contributed by atoms with van der Waals surface area (Å²) in [5.41, 5.74) is 2.17. The van der Waals surface area contributed by atoms with E-state index in [1.165, 1.54) is 11.0 Å². The van der Waals surface area contributed by atoms with Crippen LogP contribution in [0.2, 0.25) is 0 Å². The Hall–Kier alpha value is -3.41. The molecule has 2 aliphatic rings. The SMILES string of the molecule is CCOc1cc(/C=C2\C(=O)NC(=O)N(C3CCCC3)C2=O)cc(I)c1OCC(=O)Nc1ccc(C)cc1. The van der Waals surface area contributed by atoms with Crippen LogP contribution in [-0.2, 0) is 14.4 Å². The zero-order valence-electron chi connectivity index (χ0n) is 20.6. The molecular weight excluding hydrogens is 589 g/mol. The third kappa shape index (κ3) is 6.30. The first-order valence-electron chi connectivity index (χ1n) is 12.1. The Morgan fingerprint density at radius 3 is 2.51 bits per heavy atom. The molecule has 4 rings (SSSR count). The summed E-state index contributed by atoms with van der Waals surface area (Å²) < 4.78 is 12.2. The van der Waals surface area contributed by atoms with Gasteiger partial charge in [0.15, 0.2) is 18.1 Å². The molecule has 0 bridgehead atoms. The van der Waals surface area contributed by atoms with Gasteiger partial charge < -0.3 is 14.8 Å². The van der Waals surface area contributed by atoms with Crippen LogP contribution in [0.25, 0.3) is 6.08 Å². The lowest BCUT2D eigenvalue weighted by atomic mass is 10.0. The van der Waals surface area contributed by atoms with Crippen LogP contribution in [0.15, 0.2) is 42.0 Å². The van der Waals surface area contributed by atoms with Crippen molar-refractivity contribution in [3.8, 4) is 11.5 Å². The van der Waals surface area contributed by atoms with Gasteiger partial charge in [-0.25, -0.2) is 4.79 Å². The third-order valence-corrected chi connectivity index (χ3v) is 6.95. The molecule has 1 saturated heterocycles. The number of nitrogens with zero attached hydrogens (tertiary/aromatic N) is 1. The molecule has 10 heteroatoms. The van der Waals surface area contributed by atoms with E-state index in [0.717, 1.165) is 31.2 Å². The molecule has 0 radical (unpaired) electrons. The van der Waals surface area contributed by atoms with E-state index in [1.54, 1.807) is 12.1 Å². The van der Waals surface area contributed by atoms with Crippen LogP contribution in [0.1, 0.15) is 43.7 Å². The van der Waals surface area contributed by atoms with Crippen LogP contribution in [-0.4, -0.2) is 47.9 Å². The first-order valence-corrected chi connectivity index (χ1v) is 13.2. The van der Waals surface area contributed by atoms with E-state index in [0.29, 0.717) is 32.9 Å². The molecule has 9 nitrogen and oxygen atoms in total. The predicted molar refractivity (Wildman–Crippen MR) is 146 cm³/mol. The van der Waals surface area contributed by atoms with Crippen molar-refractivity contribution in [3.05, 3.63) is 56.7 Å². The Labute approximate surface area is 228 Å². The largest absolute Gasteiger partial charge is 0.490 e. The number of halogens is 1. The number of hydrogen-bond acceptors (Lipinski definition) is 6. The van der Waals surface area contributed by atoms with Gasteiger partial charge in [0.1, 0.15) is 5.57 Å². The van der Waals surface area contributed by atoms with Crippen LogP contribution in [0.5, 0.6) is 11.5 Å². The van der Waals surface area contributed by atoms with E-state index in [-0.39, 0.29) is 24.1 Å². The number of benzene rings is 2. The molecule has 0 spiro atoms. The van der Waals surface area contributed by atoms with Crippen molar-refractivity contribution in [3.63, 3.8) is 0 Å². The number of carbonyl (C=O) groups is 4. The summed E-state index contributed by atoms with van der Waals surface area (Å²) in [7, 11) is 0. The lowest BCUT2D eigenvalue weighted by Crippen LogP contribution is -2.57. The summed E-state index contributed by atoms with van der Waals surface area (Å²) in [6.45, 7) is 3.89. The number of urea groups is 1. The average Bonchev–Trinajstić information content (AvgIpc) is 3.37. The fourth-order valence-electron chi connectivity index (χ4n) is 4.38. The van der Waals surface area contributed by atoms with E-state index in [4.69, 9.17) is 9.47 Å². The molecule has 0 atom stereocenters. The van der Waals surface area contributed by atoms with E-state index in [1.807, 2.05) is 38.1 Å². The number of hydrogen-bond donors (Lipinski definition) is 2. The molecule has 2 aromatic carbocycles. The number of rotatable bonds is 8. The molecule has 37 heavy (non-hydrogen) atoms. The standard InChI is InChI=1S/C27H28IN3O6/c1-3-36-22-14-17(12-20-25(33)30-27(35)31(26(20)34)19-6-4-5-7-19)13-21(28)24(22)37-15-23(32)29-18-10-8-16(2)9-11-18/h8-14,19H,3-7,15H2,1-2H3,(H,29,32)(H,30,33,35)/b20-12+. The highest BCUT2D eigenvalue weighted by Gasteiger charge is 2.40. The van der Waals surface area contributed by atoms with Gasteiger partial charge in [0, 0.05) is 11.7 Å². The summed E-state index contributed by atoms with van der Waals surface area (Å²) in [5, 5.41) is 5.07. The monoisotopic (exact) mass is 617 g/mol. The number of ether oxygens (including phenoxy) is 2. The number of nitrogens with one attached hydrogen (secondary N) is 2. The third-order valence-electron chi connectivity index (χ3n) is 6.15. The maximum Gasteiger partial charge on any atom is 0.331 e. The van der Waals surface area contributed by atoms with Gasteiger partial charge in [0.25, 0.3) is 17.7 Å². The van der Waals surface area contributed by atoms with Gasteiger partial charge in [-0.2, -0.15) is 0 Å². The Balaban J connectivity index is 1.54. The van der Waals surface area contributed by atoms with Crippen molar-refractivity contribution in [1.82, 2.24) is 10.2 Å². The second kappa shape index (κ2) is 11.8. The molecule has 5 amide bonds. The lowest BCUT2D eigenvalue weighted by Gasteiger charge is -2.31. The van der Waals surface area contributed by atoms with Gasteiger partial charge in [-0.15, -0.1) is 0 Å².